The molecule has 1 amide bonds. The van der Waals surface area contributed by atoms with Crippen molar-refractivity contribution in [1.29, 1.82) is 0 Å². The second-order valence-electron chi connectivity index (χ2n) is 7.99. The molecule has 32 heavy (non-hydrogen) atoms. The van der Waals surface area contributed by atoms with E-state index in [1.165, 1.54) is 11.8 Å². The first kappa shape index (κ1) is 22.4. The van der Waals surface area contributed by atoms with Crippen LogP contribution >= 0.6 is 11.8 Å². The van der Waals surface area contributed by atoms with E-state index in [1.807, 2.05) is 56.4 Å². The summed E-state index contributed by atoms with van der Waals surface area (Å²) in [6, 6.07) is 16.0. The van der Waals surface area contributed by atoms with E-state index in [-0.39, 0.29) is 17.3 Å². The Kier molecular flexibility index (Phi) is 7.17. The molecule has 3 aromatic rings. The number of anilines is 1. The third-order valence-electron chi connectivity index (χ3n) is 5.56. The van der Waals surface area contributed by atoms with Crippen LogP contribution in [0, 0.1) is 6.92 Å². The number of aromatic nitrogens is 2. The van der Waals surface area contributed by atoms with Crippen molar-refractivity contribution in [3.05, 3.63) is 60.3 Å². The van der Waals surface area contributed by atoms with Crippen LogP contribution in [0.15, 0.2) is 59.9 Å². The fourth-order valence-electron chi connectivity index (χ4n) is 3.83. The number of hydrogen-bond donors (Lipinski definition) is 1. The van der Waals surface area contributed by atoms with E-state index in [4.69, 9.17) is 9.47 Å². The van der Waals surface area contributed by atoms with Gasteiger partial charge in [0.2, 0.25) is 5.91 Å². The molecule has 2 heterocycles. The maximum absolute atomic E-state index is 13.0. The number of carbonyl (C=O) groups is 1. The lowest BCUT2D eigenvalue weighted by atomic mass is 10.1. The summed E-state index contributed by atoms with van der Waals surface area (Å²) in [4.78, 5) is 17.7. The fraction of sp³-hybridized carbons (Fsp3) is 0.360. The smallest absolute Gasteiger partial charge is 0.237 e. The predicted molar refractivity (Wildman–Crippen MR) is 128 cm³/mol. The summed E-state index contributed by atoms with van der Waals surface area (Å²) in [5.41, 5.74) is 3.88. The Morgan fingerprint density at radius 1 is 1.31 bits per heavy atom. The van der Waals surface area contributed by atoms with Crippen LogP contribution in [0.2, 0.25) is 0 Å². The fourth-order valence-corrected chi connectivity index (χ4v) is 4.72. The van der Waals surface area contributed by atoms with Crippen LogP contribution < -0.4 is 10.1 Å². The van der Waals surface area contributed by atoms with Crippen molar-refractivity contribution in [2.24, 2.45) is 0 Å². The molecule has 1 saturated heterocycles. The first-order valence-corrected chi connectivity index (χ1v) is 11.8. The van der Waals surface area contributed by atoms with Crippen LogP contribution in [0.4, 0.5) is 5.69 Å². The van der Waals surface area contributed by atoms with Gasteiger partial charge in [-0.05, 0) is 49.9 Å². The number of imidazole rings is 1. The maximum Gasteiger partial charge on any atom is 0.237 e. The molecule has 0 aliphatic carbocycles. The molecule has 2 aromatic carbocycles. The van der Waals surface area contributed by atoms with E-state index in [0.717, 1.165) is 48.0 Å². The van der Waals surface area contributed by atoms with Gasteiger partial charge in [0.25, 0.3) is 0 Å². The lowest BCUT2D eigenvalue weighted by Crippen LogP contribution is -2.24. The highest BCUT2D eigenvalue weighted by molar-refractivity contribution is 8.00. The Hall–Kier alpha value is -2.77. The van der Waals surface area contributed by atoms with Gasteiger partial charge in [0.1, 0.15) is 5.75 Å². The third kappa shape index (κ3) is 5.16. The highest BCUT2D eigenvalue weighted by Crippen LogP contribution is 2.32. The minimum atomic E-state index is -0.338. The van der Waals surface area contributed by atoms with E-state index in [0.29, 0.717) is 11.4 Å². The summed E-state index contributed by atoms with van der Waals surface area (Å²) >= 11 is 1.46. The third-order valence-corrected chi connectivity index (χ3v) is 6.67. The number of carbonyl (C=O) groups excluding carboxylic acids is 1. The van der Waals surface area contributed by atoms with Gasteiger partial charge < -0.3 is 19.4 Å². The Morgan fingerprint density at radius 3 is 2.84 bits per heavy atom. The molecule has 2 atom stereocenters. The van der Waals surface area contributed by atoms with Crippen molar-refractivity contribution in [1.82, 2.24) is 9.55 Å². The SMILES string of the molecule is COc1ccc(C)cc1NC(=O)C(C)Sc1ncc(-c2ccccc2)n1CC1CCCO1. The van der Waals surface area contributed by atoms with Crippen molar-refractivity contribution in [3.63, 3.8) is 0 Å². The van der Waals surface area contributed by atoms with Crippen LogP contribution in [0.1, 0.15) is 25.3 Å². The van der Waals surface area contributed by atoms with Gasteiger partial charge >= 0.3 is 0 Å². The van der Waals surface area contributed by atoms with Crippen LogP contribution in [0.5, 0.6) is 5.75 Å². The second kappa shape index (κ2) is 10.2. The van der Waals surface area contributed by atoms with Gasteiger partial charge in [-0.25, -0.2) is 4.98 Å². The van der Waals surface area contributed by atoms with E-state index < -0.39 is 0 Å². The molecule has 0 spiro atoms. The van der Waals surface area contributed by atoms with Gasteiger partial charge in [0.15, 0.2) is 5.16 Å². The van der Waals surface area contributed by atoms with E-state index >= 15 is 0 Å². The topological polar surface area (TPSA) is 65.4 Å². The van der Waals surface area contributed by atoms with Crippen LogP contribution in [-0.4, -0.2) is 40.5 Å². The number of nitrogens with one attached hydrogen (secondary N) is 1. The number of nitrogens with zero attached hydrogens (tertiary/aromatic N) is 2. The van der Waals surface area contributed by atoms with Crippen molar-refractivity contribution in [3.8, 4) is 17.0 Å². The average molecular weight is 452 g/mol. The lowest BCUT2D eigenvalue weighted by molar-refractivity contribution is -0.115. The molecule has 0 bridgehead atoms. The summed E-state index contributed by atoms with van der Waals surface area (Å²) in [6.45, 7) is 5.42. The van der Waals surface area contributed by atoms with Gasteiger partial charge in [-0.15, -0.1) is 0 Å². The molecule has 1 N–H and O–H groups in total. The number of benzene rings is 2. The van der Waals surface area contributed by atoms with Crippen molar-refractivity contribution in [2.75, 3.05) is 19.0 Å². The molecule has 1 aromatic heterocycles. The molecule has 2 unspecified atom stereocenters. The largest absolute Gasteiger partial charge is 0.495 e. The second-order valence-corrected chi connectivity index (χ2v) is 9.30. The van der Waals surface area contributed by atoms with Gasteiger partial charge in [-0.3, -0.25) is 4.79 Å². The number of amides is 1. The molecule has 4 rings (SSSR count). The number of rotatable bonds is 8. The van der Waals surface area contributed by atoms with Crippen molar-refractivity contribution in [2.45, 2.75) is 49.7 Å². The summed E-state index contributed by atoms with van der Waals surface area (Å²) < 4.78 is 13.5. The highest BCUT2D eigenvalue weighted by Gasteiger charge is 2.24. The summed E-state index contributed by atoms with van der Waals surface area (Å²) in [5, 5.41) is 3.49. The molecule has 0 radical (unpaired) electrons. The minimum Gasteiger partial charge on any atom is -0.495 e. The van der Waals surface area contributed by atoms with Crippen LogP contribution in [0.3, 0.4) is 0 Å². The number of aryl methyl sites for hydroxylation is 1. The van der Waals surface area contributed by atoms with Crippen LogP contribution in [0.25, 0.3) is 11.3 Å². The van der Waals surface area contributed by atoms with Crippen molar-refractivity contribution >= 4 is 23.4 Å². The molecule has 1 aliphatic heterocycles. The molecular weight excluding hydrogens is 422 g/mol. The number of hydrogen-bond acceptors (Lipinski definition) is 5. The average Bonchev–Trinajstić information content (AvgIpc) is 3.45. The van der Waals surface area contributed by atoms with Gasteiger partial charge in [-0.2, -0.15) is 0 Å². The van der Waals surface area contributed by atoms with Gasteiger partial charge in [0.05, 0.1) is 42.6 Å². The molecule has 0 saturated carbocycles. The first-order valence-electron chi connectivity index (χ1n) is 10.9. The Balaban J connectivity index is 1.54. The summed E-state index contributed by atoms with van der Waals surface area (Å²) in [7, 11) is 1.60. The normalized spacial score (nSPS) is 16.7. The highest BCUT2D eigenvalue weighted by atomic mass is 32.2. The van der Waals surface area contributed by atoms with E-state index in [2.05, 4.69) is 27.0 Å². The standard InChI is InChI=1S/C25H29N3O3S/c1-17-11-12-23(30-3)21(14-17)27-24(29)18(2)32-25-26-15-22(19-8-5-4-6-9-19)28(25)16-20-10-7-13-31-20/h4-6,8-9,11-12,14-15,18,20H,7,10,13,16H2,1-3H3,(H,27,29). The predicted octanol–water partition coefficient (Wildman–Crippen LogP) is 5.17. The zero-order chi connectivity index (χ0) is 22.5. The minimum absolute atomic E-state index is 0.0909. The first-order chi connectivity index (χ1) is 15.5. The summed E-state index contributed by atoms with van der Waals surface area (Å²) in [6.07, 6.45) is 4.19. The maximum atomic E-state index is 13.0. The Morgan fingerprint density at radius 2 is 2.12 bits per heavy atom. The van der Waals surface area contributed by atoms with E-state index in [1.54, 1.807) is 7.11 Å². The summed E-state index contributed by atoms with van der Waals surface area (Å²) in [5.74, 6) is 0.555. The lowest BCUT2D eigenvalue weighted by Gasteiger charge is -2.18. The van der Waals surface area contributed by atoms with E-state index in [9.17, 15) is 4.79 Å². The molecule has 168 valence electrons. The number of thioether (sulfide) groups is 1. The zero-order valence-electron chi connectivity index (χ0n) is 18.7. The van der Waals surface area contributed by atoms with Crippen molar-refractivity contribution < 1.29 is 14.3 Å². The van der Waals surface area contributed by atoms with Crippen LogP contribution in [-0.2, 0) is 16.1 Å². The van der Waals surface area contributed by atoms with Gasteiger partial charge in [0, 0.05) is 6.61 Å². The number of ether oxygens (including phenoxy) is 2. The monoisotopic (exact) mass is 451 g/mol. The molecule has 1 fully saturated rings. The quantitative estimate of drug-likeness (QED) is 0.479. The Bertz CT molecular complexity index is 1060. The molecule has 1 aliphatic rings. The molecular formula is C25H29N3O3S. The number of methoxy groups -OCH3 is 1. The zero-order valence-corrected chi connectivity index (χ0v) is 19.5. The molecule has 7 heteroatoms. The van der Waals surface area contributed by atoms with Gasteiger partial charge in [-0.1, -0.05) is 48.2 Å². The molecule has 6 nitrogen and oxygen atoms in total. The Labute approximate surface area is 193 Å².